The highest BCUT2D eigenvalue weighted by molar-refractivity contribution is 5.45. The number of nitrogen functional groups attached to an aromatic ring is 1. The molecule has 0 saturated carbocycles. The number of nitrogens with zero attached hydrogens (tertiary/aromatic N) is 3. The second-order valence-electron chi connectivity index (χ2n) is 4.15. The van der Waals surface area contributed by atoms with Crippen molar-refractivity contribution >= 4 is 11.6 Å². The van der Waals surface area contributed by atoms with Crippen molar-refractivity contribution in [1.29, 1.82) is 0 Å². The summed E-state index contributed by atoms with van der Waals surface area (Å²) in [4.78, 5) is 12.7. The Morgan fingerprint density at radius 1 is 1.37 bits per heavy atom. The van der Waals surface area contributed by atoms with E-state index in [0.29, 0.717) is 24.1 Å². The predicted octanol–water partition coefficient (Wildman–Crippen LogP) is 1.77. The number of ether oxygens (including phenoxy) is 1. The van der Waals surface area contributed by atoms with Gasteiger partial charge in [-0.2, -0.15) is 0 Å². The summed E-state index contributed by atoms with van der Waals surface area (Å²) in [6, 6.07) is 7.52. The first-order valence-electron chi connectivity index (χ1n) is 5.99. The average molecular weight is 259 g/mol. The molecule has 0 aromatic carbocycles. The molecule has 2 rings (SSSR count). The number of aromatic nitrogens is 3. The lowest BCUT2D eigenvalue weighted by atomic mass is 10.2. The summed E-state index contributed by atoms with van der Waals surface area (Å²) in [7, 11) is 1.59. The van der Waals surface area contributed by atoms with Crippen molar-refractivity contribution < 1.29 is 4.74 Å². The van der Waals surface area contributed by atoms with E-state index in [1.807, 2.05) is 25.1 Å². The second-order valence-corrected chi connectivity index (χ2v) is 4.15. The normalized spacial score (nSPS) is 12.1. The molecule has 6 heteroatoms. The Labute approximate surface area is 112 Å². The number of hydrogen-bond acceptors (Lipinski definition) is 6. The summed E-state index contributed by atoms with van der Waals surface area (Å²) >= 11 is 0. The van der Waals surface area contributed by atoms with Crippen molar-refractivity contribution in [3.8, 4) is 0 Å². The van der Waals surface area contributed by atoms with Gasteiger partial charge >= 0.3 is 0 Å². The molecule has 0 fully saturated rings. The van der Waals surface area contributed by atoms with E-state index in [1.165, 1.54) is 0 Å². The Balaban J connectivity index is 2.14. The molecule has 2 aromatic rings. The third-order valence-corrected chi connectivity index (χ3v) is 2.56. The third kappa shape index (κ3) is 3.62. The van der Waals surface area contributed by atoms with Crippen LogP contribution in [0.15, 0.2) is 30.5 Å². The molecular weight excluding hydrogens is 242 g/mol. The molecule has 0 saturated heterocycles. The van der Waals surface area contributed by atoms with Crippen LogP contribution < -0.4 is 11.1 Å². The van der Waals surface area contributed by atoms with E-state index in [4.69, 9.17) is 10.5 Å². The Hall–Kier alpha value is -2.21. The van der Waals surface area contributed by atoms with Crippen LogP contribution in [-0.4, -0.2) is 22.1 Å². The zero-order chi connectivity index (χ0) is 13.7. The van der Waals surface area contributed by atoms with Crippen LogP contribution in [-0.2, 0) is 11.3 Å². The lowest BCUT2D eigenvalue weighted by Gasteiger charge is -2.14. The van der Waals surface area contributed by atoms with Crippen LogP contribution in [0.4, 0.5) is 11.6 Å². The zero-order valence-corrected chi connectivity index (χ0v) is 11.0. The van der Waals surface area contributed by atoms with Crippen LogP contribution >= 0.6 is 0 Å². The minimum Gasteiger partial charge on any atom is -0.384 e. The molecule has 3 N–H and O–H groups in total. The summed E-state index contributed by atoms with van der Waals surface area (Å²) < 4.78 is 5.01. The summed E-state index contributed by atoms with van der Waals surface area (Å²) in [5, 5.41) is 3.25. The van der Waals surface area contributed by atoms with Crippen molar-refractivity contribution in [3.63, 3.8) is 0 Å². The molecule has 0 radical (unpaired) electrons. The number of rotatable bonds is 5. The van der Waals surface area contributed by atoms with Gasteiger partial charge in [-0.05, 0) is 19.1 Å². The lowest BCUT2D eigenvalue weighted by Crippen LogP contribution is -2.11. The highest BCUT2D eigenvalue weighted by Gasteiger charge is 2.08. The van der Waals surface area contributed by atoms with E-state index in [9.17, 15) is 0 Å². The molecule has 100 valence electrons. The maximum Gasteiger partial charge on any atom is 0.158 e. The Bertz CT molecular complexity index is 532. The standard InChI is InChI=1S/C13H17N5O/c1-9(10-5-3-4-6-15-10)16-12-7-11(14)17-13(18-12)8-19-2/h3-7,9H,8H2,1-2H3,(H3,14,16,17,18). The summed E-state index contributed by atoms with van der Waals surface area (Å²) in [5.41, 5.74) is 6.68. The Kier molecular flexibility index (Phi) is 4.25. The molecule has 0 amide bonds. The fourth-order valence-corrected chi connectivity index (χ4v) is 1.71. The van der Waals surface area contributed by atoms with Crippen molar-refractivity contribution in [2.75, 3.05) is 18.2 Å². The van der Waals surface area contributed by atoms with Crippen LogP contribution in [0.3, 0.4) is 0 Å². The molecule has 0 aliphatic heterocycles. The van der Waals surface area contributed by atoms with E-state index in [2.05, 4.69) is 20.3 Å². The number of hydrogen-bond donors (Lipinski definition) is 2. The average Bonchev–Trinajstić information content (AvgIpc) is 2.39. The van der Waals surface area contributed by atoms with Crippen LogP contribution in [0.25, 0.3) is 0 Å². The maximum atomic E-state index is 5.74. The largest absolute Gasteiger partial charge is 0.384 e. The Morgan fingerprint density at radius 2 is 2.21 bits per heavy atom. The molecule has 0 spiro atoms. The molecule has 1 atom stereocenters. The van der Waals surface area contributed by atoms with E-state index < -0.39 is 0 Å². The first kappa shape index (κ1) is 13.2. The monoisotopic (exact) mass is 259 g/mol. The Morgan fingerprint density at radius 3 is 2.89 bits per heavy atom. The molecular formula is C13H17N5O. The predicted molar refractivity (Wildman–Crippen MR) is 73.4 cm³/mol. The first-order valence-corrected chi connectivity index (χ1v) is 5.99. The van der Waals surface area contributed by atoms with E-state index in [-0.39, 0.29) is 6.04 Å². The van der Waals surface area contributed by atoms with E-state index >= 15 is 0 Å². The lowest BCUT2D eigenvalue weighted by molar-refractivity contribution is 0.178. The summed E-state index contributed by atoms with van der Waals surface area (Å²) in [5.74, 6) is 1.63. The highest BCUT2D eigenvalue weighted by atomic mass is 16.5. The van der Waals surface area contributed by atoms with Crippen molar-refractivity contribution in [2.45, 2.75) is 19.6 Å². The molecule has 2 aromatic heterocycles. The number of nitrogens with one attached hydrogen (secondary N) is 1. The van der Waals surface area contributed by atoms with Gasteiger partial charge in [0.05, 0.1) is 11.7 Å². The summed E-state index contributed by atoms with van der Waals surface area (Å²) in [6.45, 7) is 2.34. The van der Waals surface area contributed by atoms with E-state index in [1.54, 1.807) is 19.4 Å². The van der Waals surface area contributed by atoms with Gasteiger partial charge in [-0.15, -0.1) is 0 Å². The molecule has 2 heterocycles. The third-order valence-electron chi connectivity index (χ3n) is 2.56. The summed E-state index contributed by atoms with van der Waals surface area (Å²) in [6.07, 6.45) is 1.76. The number of methoxy groups -OCH3 is 1. The van der Waals surface area contributed by atoms with Gasteiger partial charge in [-0.1, -0.05) is 6.07 Å². The van der Waals surface area contributed by atoms with Gasteiger partial charge in [-0.25, -0.2) is 9.97 Å². The maximum absolute atomic E-state index is 5.74. The van der Waals surface area contributed by atoms with Gasteiger partial charge < -0.3 is 15.8 Å². The van der Waals surface area contributed by atoms with Gasteiger partial charge in [0.1, 0.15) is 18.2 Å². The SMILES string of the molecule is COCc1nc(N)cc(NC(C)c2ccccn2)n1. The van der Waals surface area contributed by atoms with Gasteiger partial charge in [0.15, 0.2) is 5.82 Å². The van der Waals surface area contributed by atoms with Crippen LogP contribution in [0, 0.1) is 0 Å². The van der Waals surface area contributed by atoms with Gasteiger partial charge in [0.25, 0.3) is 0 Å². The van der Waals surface area contributed by atoms with E-state index in [0.717, 1.165) is 5.69 Å². The molecule has 0 bridgehead atoms. The van der Waals surface area contributed by atoms with Crippen LogP contribution in [0.2, 0.25) is 0 Å². The molecule has 6 nitrogen and oxygen atoms in total. The smallest absolute Gasteiger partial charge is 0.158 e. The highest BCUT2D eigenvalue weighted by Crippen LogP contribution is 2.17. The molecule has 0 aliphatic carbocycles. The topological polar surface area (TPSA) is 86.0 Å². The number of pyridine rings is 1. The number of anilines is 2. The van der Waals surface area contributed by atoms with Gasteiger partial charge in [-0.3, -0.25) is 4.98 Å². The first-order chi connectivity index (χ1) is 9.19. The zero-order valence-electron chi connectivity index (χ0n) is 11.0. The van der Waals surface area contributed by atoms with Gasteiger partial charge in [0, 0.05) is 19.4 Å². The van der Waals surface area contributed by atoms with Gasteiger partial charge in [0.2, 0.25) is 0 Å². The van der Waals surface area contributed by atoms with Crippen LogP contribution in [0.5, 0.6) is 0 Å². The fraction of sp³-hybridized carbons (Fsp3) is 0.308. The number of nitrogens with two attached hydrogens (primary N) is 1. The minimum atomic E-state index is 0.0332. The minimum absolute atomic E-state index is 0.0332. The molecule has 0 aliphatic rings. The van der Waals surface area contributed by atoms with Crippen molar-refractivity contribution in [1.82, 2.24) is 15.0 Å². The second kappa shape index (κ2) is 6.10. The molecule has 19 heavy (non-hydrogen) atoms. The molecule has 1 unspecified atom stereocenters. The quantitative estimate of drug-likeness (QED) is 0.851. The van der Waals surface area contributed by atoms with Crippen LogP contribution in [0.1, 0.15) is 24.5 Å². The van der Waals surface area contributed by atoms with Crippen molar-refractivity contribution in [3.05, 3.63) is 42.0 Å². The fourth-order valence-electron chi connectivity index (χ4n) is 1.71. The van der Waals surface area contributed by atoms with Crippen molar-refractivity contribution in [2.24, 2.45) is 0 Å².